The van der Waals surface area contributed by atoms with Crippen molar-refractivity contribution in [2.75, 3.05) is 25.9 Å². The molecular formula is C21H22N6O. The lowest BCUT2D eigenvalue weighted by atomic mass is 10.1. The van der Waals surface area contributed by atoms with Crippen LogP contribution in [0, 0.1) is 0 Å². The zero-order valence-electron chi connectivity index (χ0n) is 15.8. The van der Waals surface area contributed by atoms with E-state index in [9.17, 15) is 4.79 Å². The lowest BCUT2D eigenvalue weighted by Crippen LogP contribution is -2.35. The van der Waals surface area contributed by atoms with E-state index in [1.54, 1.807) is 25.7 Å². The Morgan fingerprint density at radius 2 is 1.93 bits per heavy atom. The maximum atomic E-state index is 12.8. The number of aliphatic imine (C=N–C) groups is 1. The molecule has 2 N–H and O–H groups in total. The van der Waals surface area contributed by atoms with Crippen LogP contribution in [0.5, 0.6) is 0 Å². The number of likely N-dealkylation sites (tertiary alicyclic amines) is 1. The zero-order valence-corrected chi connectivity index (χ0v) is 15.8. The first-order valence-electron chi connectivity index (χ1n) is 9.40. The number of hydrogen-bond donors (Lipinski definition) is 1. The van der Waals surface area contributed by atoms with E-state index >= 15 is 0 Å². The molecule has 0 radical (unpaired) electrons. The third kappa shape index (κ3) is 3.55. The first-order chi connectivity index (χ1) is 13.7. The van der Waals surface area contributed by atoms with Gasteiger partial charge < -0.3 is 10.6 Å². The summed E-state index contributed by atoms with van der Waals surface area (Å²) in [5.41, 5.74) is 10.2. The molecule has 0 atom stereocenters. The number of pyridine rings is 1. The third-order valence-corrected chi connectivity index (χ3v) is 4.95. The number of nitrogens with zero attached hydrogens (tertiary/aromatic N) is 5. The number of anilines is 1. The van der Waals surface area contributed by atoms with E-state index in [1.807, 2.05) is 29.2 Å². The maximum absolute atomic E-state index is 12.8. The van der Waals surface area contributed by atoms with Crippen molar-refractivity contribution in [2.45, 2.75) is 19.3 Å². The smallest absolute Gasteiger partial charge is 0.253 e. The number of fused-ring (bicyclic) bond motifs is 1. The average molecular weight is 374 g/mol. The number of carbonyl (C=O) groups excluding carboxylic acids is 1. The van der Waals surface area contributed by atoms with Gasteiger partial charge in [-0.05, 0) is 43.5 Å². The highest BCUT2D eigenvalue weighted by atomic mass is 16.2. The van der Waals surface area contributed by atoms with E-state index in [-0.39, 0.29) is 5.91 Å². The third-order valence-electron chi connectivity index (χ3n) is 4.95. The number of nitrogen functional groups attached to an aromatic ring is 1. The average Bonchev–Trinajstić information content (AvgIpc) is 2.75. The summed E-state index contributed by atoms with van der Waals surface area (Å²) in [6, 6.07) is 7.38. The molecule has 1 amide bonds. The molecule has 7 nitrogen and oxygen atoms in total. The van der Waals surface area contributed by atoms with Crippen molar-refractivity contribution in [2.24, 2.45) is 4.99 Å². The number of amides is 1. The summed E-state index contributed by atoms with van der Waals surface area (Å²) in [6.07, 6.45) is 8.36. The minimum absolute atomic E-state index is 0.0596. The molecule has 0 bridgehead atoms. The second-order valence-corrected chi connectivity index (χ2v) is 6.90. The van der Waals surface area contributed by atoms with Crippen LogP contribution in [0.25, 0.3) is 22.3 Å². The van der Waals surface area contributed by atoms with Crippen LogP contribution in [0.1, 0.15) is 35.2 Å². The standard InChI is InChI=1S/C21H22N6O/c1-23-11-16-9-15(12-25-20(16)22)19-13-24-17-6-5-14(10-18(17)26-19)21(28)27-7-3-2-4-8-27/h5-6,9-13H,2-4,7-8H2,1H3,(H2,22,25). The lowest BCUT2D eigenvalue weighted by molar-refractivity contribution is 0.0724. The molecular weight excluding hydrogens is 352 g/mol. The highest BCUT2D eigenvalue weighted by Crippen LogP contribution is 2.22. The molecule has 1 aliphatic rings. The van der Waals surface area contributed by atoms with Crippen LogP contribution < -0.4 is 5.73 Å². The van der Waals surface area contributed by atoms with Crippen LogP contribution in [-0.4, -0.2) is 52.1 Å². The molecule has 0 spiro atoms. The second-order valence-electron chi connectivity index (χ2n) is 6.90. The van der Waals surface area contributed by atoms with Gasteiger partial charge in [-0.15, -0.1) is 0 Å². The maximum Gasteiger partial charge on any atom is 0.253 e. The molecule has 0 saturated carbocycles. The normalized spacial score (nSPS) is 14.7. The van der Waals surface area contributed by atoms with Gasteiger partial charge in [0, 0.05) is 49.2 Å². The number of rotatable bonds is 3. The predicted molar refractivity (Wildman–Crippen MR) is 110 cm³/mol. The Morgan fingerprint density at radius 3 is 2.71 bits per heavy atom. The first kappa shape index (κ1) is 18.0. The Labute approximate surface area is 163 Å². The topological polar surface area (TPSA) is 97.4 Å². The van der Waals surface area contributed by atoms with E-state index < -0.39 is 0 Å². The van der Waals surface area contributed by atoms with Crippen LogP contribution in [0.4, 0.5) is 5.82 Å². The minimum Gasteiger partial charge on any atom is -0.383 e. The van der Waals surface area contributed by atoms with Gasteiger partial charge in [-0.25, -0.2) is 9.97 Å². The quantitative estimate of drug-likeness (QED) is 0.711. The Morgan fingerprint density at radius 1 is 1.11 bits per heavy atom. The fraction of sp³-hybridized carbons (Fsp3) is 0.286. The zero-order chi connectivity index (χ0) is 19.5. The number of hydrogen-bond acceptors (Lipinski definition) is 6. The van der Waals surface area contributed by atoms with Crippen LogP contribution in [-0.2, 0) is 0 Å². The Bertz CT molecular complexity index is 1060. The number of benzene rings is 1. The van der Waals surface area contributed by atoms with Gasteiger partial charge in [-0.3, -0.25) is 14.8 Å². The predicted octanol–water partition coefficient (Wildman–Crippen LogP) is 2.95. The number of aromatic nitrogens is 3. The molecule has 2 aromatic heterocycles. The molecule has 3 heterocycles. The molecule has 28 heavy (non-hydrogen) atoms. The monoisotopic (exact) mass is 374 g/mol. The van der Waals surface area contributed by atoms with Crippen LogP contribution in [0.3, 0.4) is 0 Å². The number of nitrogens with two attached hydrogens (primary N) is 1. The van der Waals surface area contributed by atoms with E-state index in [0.717, 1.165) is 42.6 Å². The molecule has 7 heteroatoms. The van der Waals surface area contributed by atoms with Crippen molar-refractivity contribution < 1.29 is 4.79 Å². The molecule has 3 aromatic rings. The summed E-state index contributed by atoms with van der Waals surface area (Å²) in [5, 5.41) is 0. The van der Waals surface area contributed by atoms with Gasteiger partial charge in [-0.1, -0.05) is 0 Å². The van der Waals surface area contributed by atoms with Gasteiger partial charge in [0.25, 0.3) is 5.91 Å². The second kappa shape index (κ2) is 7.72. The summed E-state index contributed by atoms with van der Waals surface area (Å²) in [6.45, 7) is 1.64. The number of carbonyl (C=O) groups is 1. The summed E-state index contributed by atoms with van der Waals surface area (Å²) >= 11 is 0. The highest BCUT2D eigenvalue weighted by Gasteiger charge is 2.18. The Kier molecular flexibility index (Phi) is 4.97. The molecule has 1 saturated heterocycles. The summed E-state index contributed by atoms with van der Waals surface area (Å²) in [5.74, 6) is 0.474. The first-order valence-corrected chi connectivity index (χ1v) is 9.40. The van der Waals surface area contributed by atoms with E-state index in [1.165, 1.54) is 6.42 Å². The van der Waals surface area contributed by atoms with E-state index in [2.05, 4.69) is 15.0 Å². The Balaban J connectivity index is 1.70. The largest absolute Gasteiger partial charge is 0.383 e. The van der Waals surface area contributed by atoms with Crippen molar-refractivity contribution in [3.63, 3.8) is 0 Å². The van der Waals surface area contributed by atoms with E-state index in [4.69, 9.17) is 10.7 Å². The highest BCUT2D eigenvalue weighted by molar-refractivity contribution is 5.97. The molecule has 1 aliphatic heterocycles. The van der Waals surface area contributed by atoms with Crippen LogP contribution >= 0.6 is 0 Å². The fourth-order valence-electron chi connectivity index (χ4n) is 3.44. The van der Waals surface area contributed by atoms with Gasteiger partial charge >= 0.3 is 0 Å². The van der Waals surface area contributed by atoms with Crippen molar-refractivity contribution in [1.29, 1.82) is 0 Å². The summed E-state index contributed by atoms with van der Waals surface area (Å²) < 4.78 is 0. The van der Waals surface area contributed by atoms with Gasteiger partial charge in [0.1, 0.15) is 5.82 Å². The van der Waals surface area contributed by atoms with Crippen LogP contribution in [0.2, 0.25) is 0 Å². The molecule has 142 valence electrons. The minimum atomic E-state index is 0.0596. The fourth-order valence-corrected chi connectivity index (χ4v) is 3.44. The van der Waals surface area contributed by atoms with Gasteiger partial charge in [0.2, 0.25) is 0 Å². The molecule has 1 aromatic carbocycles. The molecule has 4 rings (SSSR count). The van der Waals surface area contributed by atoms with E-state index in [0.29, 0.717) is 22.6 Å². The van der Waals surface area contributed by atoms with Crippen molar-refractivity contribution in [3.05, 3.63) is 47.8 Å². The van der Waals surface area contributed by atoms with Gasteiger partial charge in [-0.2, -0.15) is 0 Å². The summed E-state index contributed by atoms with van der Waals surface area (Å²) in [7, 11) is 1.68. The van der Waals surface area contributed by atoms with Crippen LogP contribution in [0.15, 0.2) is 41.7 Å². The summed E-state index contributed by atoms with van der Waals surface area (Å²) in [4.78, 5) is 32.1. The molecule has 0 aliphatic carbocycles. The van der Waals surface area contributed by atoms with Crippen molar-refractivity contribution in [1.82, 2.24) is 19.9 Å². The van der Waals surface area contributed by atoms with Crippen molar-refractivity contribution >= 4 is 29.0 Å². The molecule has 1 fully saturated rings. The SMILES string of the molecule is CN=Cc1cc(-c2cnc3ccc(C(=O)N4CCCCC4)cc3n2)cnc1N. The van der Waals surface area contributed by atoms with Gasteiger partial charge in [0.05, 0.1) is 22.9 Å². The molecule has 0 unspecified atom stereocenters. The van der Waals surface area contributed by atoms with Crippen molar-refractivity contribution in [3.8, 4) is 11.3 Å². The number of piperidine rings is 1. The van der Waals surface area contributed by atoms with Gasteiger partial charge in [0.15, 0.2) is 0 Å². The Hall–Kier alpha value is -3.35. The lowest BCUT2D eigenvalue weighted by Gasteiger charge is -2.26.